The molecule has 0 heterocycles. The van der Waals surface area contributed by atoms with Gasteiger partial charge in [-0.2, -0.15) is 0 Å². The minimum Gasteiger partial charge on any atom is -0.340 e. The van der Waals surface area contributed by atoms with E-state index in [9.17, 15) is 9.59 Å². The molecule has 0 fully saturated rings. The van der Waals surface area contributed by atoms with E-state index in [2.05, 4.69) is 6.07 Å². The van der Waals surface area contributed by atoms with Crippen molar-refractivity contribution >= 4 is 11.7 Å². The molecule has 0 spiro atoms. The van der Waals surface area contributed by atoms with Crippen LogP contribution in [-0.4, -0.2) is 30.2 Å². The molecule has 0 aromatic heterocycles. The number of carbonyl (C=O) groups is 2. The lowest BCUT2D eigenvalue weighted by Crippen LogP contribution is -2.32. The van der Waals surface area contributed by atoms with Crippen LogP contribution < -0.4 is 5.73 Å². The summed E-state index contributed by atoms with van der Waals surface area (Å²) in [6, 6.07) is 15.8. The van der Waals surface area contributed by atoms with Crippen molar-refractivity contribution in [3.05, 3.63) is 59.7 Å². The van der Waals surface area contributed by atoms with Crippen molar-refractivity contribution in [3.8, 4) is 11.1 Å². The third-order valence-electron chi connectivity index (χ3n) is 4.08. The number of nitrogens with zero attached hydrogens (tertiary/aromatic N) is 1. The molecule has 1 amide bonds. The molecule has 0 aliphatic rings. The molecule has 4 nitrogen and oxygen atoms in total. The molecule has 0 saturated carbocycles. The van der Waals surface area contributed by atoms with Gasteiger partial charge in [0.1, 0.15) is 0 Å². The van der Waals surface area contributed by atoms with Crippen LogP contribution in [0.15, 0.2) is 48.5 Å². The highest BCUT2D eigenvalue weighted by Gasteiger charge is 2.10. The number of Topliss-reactive ketones (excluding diaryl/α,β-unsaturated/α-hetero) is 1. The van der Waals surface area contributed by atoms with Crippen molar-refractivity contribution in [1.29, 1.82) is 0 Å². The lowest BCUT2D eigenvalue weighted by Gasteiger charge is -2.16. The third-order valence-corrected chi connectivity index (χ3v) is 4.08. The van der Waals surface area contributed by atoms with Crippen LogP contribution in [0.25, 0.3) is 11.1 Å². The summed E-state index contributed by atoms with van der Waals surface area (Å²) in [5.41, 5.74) is 9.31. The molecule has 0 saturated heterocycles. The van der Waals surface area contributed by atoms with Gasteiger partial charge in [0.05, 0.1) is 6.54 Å². The first-order valence-electron chi connectivity index (χ1n) is 8.57. The third kappa shape index (κ3) is 5.26. The molecule has 0 radical (unpaired) electrons. The van der Waals surface area contributed by atoms with Gasteiger partial charge in [0.2, 0.25) is 5.91 Å². The molecule has 0 unspecified atom stereocenters. The average Bonchev–Trinajstić information content (AvgIpc) is 2.60. The minimum absolute atomic E-state index is 0.0159. The molecular weight excluding hydrogens is 312 g/mol. The van der Waals surface area contributed by atoms with Crippen LogP contribution in [0.2, 0.25) is 0 Å². The summed E-state index contributed by atoms with van der Waals surface area (Å²) in [5.74, 6) is 0.452. The van der Waals surface area contributed by atoms with Gasteiger partial charge in [-0.25, -0.2) is 0 Å². The maximum absolute atomic E-state index is 12.1. The second-order valence-corrected chi connectivity index (χ2v) is 6.75. The number of ketones is 1. The Labute approximate surface area is 149 Å². The van der Waals surface area contributed by atoms with Crippen molar-refractivity contribution in [2.24, 2.45) is 11.7 Å². The van der Waals surface area contributed by atoms with Gasteiger partial charge < -0.3 is 10.6 Å². The average molecular weight is 338 g/mol. The molecule has 0 aliphatic heterocycles. The zero-order chi connectivity index (χ0) is 18.4. The van der Waals surface area contributed by atoms with Crippen molar-refractivity contribution in [2.45, 2.75) is 26.8 Å². The van der Waals surface area contributed by atoms with Crippen molar-refractivity contribution in [2.75, 3.05) is 13.6 Å². The zero-order valence-electron chi connectivity index (χ0n) is 15.2. The number of carbonyl (C=O) groups excluding carboxylic acids is 2. The molecule has 132 valence electrons. The van der Waals surface area contributed by atoms with Crippen LogP contribution >= 0.6 is 0 Å². The van der Waals surface area contributed by atoms with Crippen LogP contribution in [-0.2, 0) is 11.3 Å². The summed E-state index contributed by atoms with van der Waals surface area (Å²) in [4.78, 5) is 25.4. The van der Waals surface area contributed by atoms with Crippen LogP contribution in [0, 0.1) is 5.92 Å². The summed E-state index contributed by atoms with van der Waals surface area (Å²) in [7, 11) is 1.75. The van der Waals surface area contributed by atoms with Crippen molar-refractivity contribution < 1.29 is 9.59 Å². The summed E-state index contributed by atoms with van der Waals surface area (Å²) in [6.45, 7) is 4.63. The van der Waals surface area contributed by atoms with Gasteiger partial charge in [-0.3, -0.25) is 9.59 Å². The topological polar surface area (TPSA) is 63.4 Å². The molecule has 2 aromatic rings. The van der Waals surface area contributed by atoms with Crippen molar-refractivity contribution in [1.82, 2.24) is 4.90 Å². The molecule has 2 N–H and O–H groups in total. The van der Waals surface area contributed by atoms with Gasteiger partial charge >= 0.3 is 0 Å². The normalized spacial score (nSPS) is 10.8. The number of rotatable bonds is 7. The summed E-state index contributed by atoms with van der Waals surface area (Å²) >= 11 is 0. The fourth-order valence-corrected chi connectivity index (χ4v) is 2.70. The molecule has 0 aliphatic carbocycles. The summed E-state index contributed by atoms with van der Waals surface area (Å²) < 4.78 is 0. The van der Waals surface area contributed by atoms with Gasteiger partial charge in [0.25, 0.3) is 0 Å². The summed E-state index contributed by atoms with van der Waals surface area (Å²) in [5, 5.41) is 0. The van der Waals surface area contributed by atoms with Gasteiger partial charge in [-0.15, -0.1) is 0 Å². The molecule has 2 rings (SSSR count). The fourth-order valence-electron chi connectivity index (χ4n) is 2.70. The molecule has 2 aromatic carbocycles. The predicted molar refractivity (Wildman–Crippen MR) is 101 cm³/mol. The van der Waals surface area contributed by atoms with E-state index in [-0.39, 0.29) is 18.2 Å². The Hall–Kier alpha value is -2.46. The van der Waals surface area contributed by atoms with Gasteiger partial charge in [-0.05, 0) is 28.7 Å². The Kier molecular flexibility index (Phi) is 6.48. The molecule has 0 bridgehead atoms. The van der Waals surface area contributed by atoms with E-state index in [1.807, 2.05) is 56.3 Å². The second-order valence-electron chi connectivity index (χ2n) is 6.75. The predicted octanol–water partition coefficient (Wildman–Crippen LogP) is 3.50. The Morgan fingerprint density at radius 1 is 1.04 bits per heavy atom. The standard InChI is InChI=1S/C21H26N2O2/c1-15(2)11-20(24)18-9-7-17(8-10-18)19-6-4-5-16(12-19)14-23(3)21(25)13-22/h4-10,12,15H,11,13-14,22H2,1-3H3. The quantitative estimate of drug-likeness (QED) is 0.786. The van der Waals surface area contributed by atoms with Crippen LogP contribution in [0.5, 0.6) is 0 Å². The van der Waals surface area contributed by atoms with E-state index in [0.717, 1.165) is 22.3 Å². The second kappa shape index (κ2) is 8.58. The van der Waals surface area contributed by atoms with E-state index in [4.69, 9.17) is 5.73 Å². The number of hydrogen-bond donors (Lipinski definition) is 1. The van der Waals surface area contributed by atoms with Crippen LogP contribution in [0.1, 0.15) is 36.2 Å². The molecule has 25 heavy (non-hydrogen) atoms. The Balaban J connectivity index is 2.15. The van der Waals surface area contributed by atoms with E-state index in [1.54, 1.807) is 11.9 Å². The maximum atomic E-state index is 12.1. The highest BCUT2D eigenvalue weighted by atomic mass is 16.2. The number of benzene rings is 2. The monoisotopic (exact) mass is 338 g/mol. The zero-order valence-corrected chi connectivity index (χ0v) is 15.2. The fraction of sp³-hybridized carbons (Fsp3) is 0.333. The number of nitrogens with two attached hydrogens (primary N) is 1. The van der Waals surface area contributed by atoms with Gasteiger partial charge in [0.15, 0.2) is 5.78 Å². The van der Waals surface area contributed by atoms with Crippen LogP contribution in [0.3, 0.4) is 0 Å². The highest BCUT2D eigenvalue weighted by molar-refractivity contribution is 5.96. The number of hydrogen-bond acceptors (Lipinski definition) is 3. The molecule has 0 atom stereocenters. The van der Waals surface area contributed by atoms with E-state index < -0.39 is 0 Å². The number of likely N-dealkylation sites (N-methyl/N-ethyl adjacent to an activating group) is 1. The Bertz CT molecular complexity index is 736. The lowest BCUT2D eigenvalue weighted by atomic mass is 9.97. The van der Waals surface area contributed by atoms with E-state index in [0.29, 0.717) is 18.9 Å². The van der Waals surface area contributed by atoms with Crippen molar-refractivity contribution in [3.63, 3.8) is 0 Å². The molecule has 4 heteroatoms. The Morgan fingerprint density at radius 2 is 1.72 bits per heavy atom. The highest BCUT2D eigenvalue weighted by Crippen LogP contribution is 2.22. The smallest absolute Gasteiger partial charge is 0.236 e. The van der Waals surface area contributed by atoms with Gasteiger partial charge in [-0.1, -0.05) is 56.3 Å². The largest absolute Gasteiger partial charge is 0.340 e. The minimum atomic E-state index is -0.0848. The number of amides is 1. The first-order valence-corrected chi connectivity index (χ1v) is 8.57. The first-order chi connectivity index (χ1) is 11.9. The van der Waals surface area contributed by atoms with E-state index in [1.165, 1.54) is 0 Å². The molecular formula is C21H26N2O2. The van der Waals surface area contributed by atoms with Gasteiger partial charge in [0, 0.05) is 25.6 Å². The Morgan fingerprint density at radius 3 is 2.32 bits per heavy atom. The summed E-state index contributed by atoms with van der Waals surface area (Å²) in [6.07, 6.45) is 0.566. The van der Waals surface area contributed by atoms with Crippen LogP contribution in [0.4, 0.5) is 0 Å². The maximum Gasteiger partial charge on any atom is 0.236 e. The lowest BCUT2D eigenvalue weighted by molar-refractivity contribution is -0.128. The first kappa shape index (κ1) is 18.9. The SMILES string of the molecule is CC(C)CC(=O)c1ccc(-c2cccc(CN(C)C(=O)CN)c2)cc1. The van der Waals surface area contributed by atoms with E-state index >= 15 is 0 Å².